The zero-order chi connectivity index (χ0) is 22.2. The molecule has 0 radical (unpaired) electrons. The molecule has 0 saturated heterocycles. The van der Waals surface area contributed by atoms with Crippen LogP contribution in [0.5, 0.6) is 0 Å². The fourth-order valence-corrected chi connectivity index (χ4v) is 4.78. The highest BCUT2D eigenvalue weighted by Crippen LogP contribution is 2.25. The van der Waals surface area contributed by atoms with Crippen LogP contribution in [0, 0.1) is 0 Å². The van der Waals surface area contributed by atoms with Crippen LogP contribution in [0.3, 0.4) is 0 Å². The van der Waals surface area contributed by atoms with Crippen molar-refractivity contribution in [2.45, 2.75) is 17.3 Å². The minimum atomic E-state index is 0.0382. The van der Waals surface area contributed by atoms with E-state index in [4.69, 9.17) is 0 Å². The van der Waals surface area contributed by atoms with Gasteiger partial charge in [-0.25, -0.2) is 4.68 Å². The van der Waals surface area contributed by atoms with Gasteiger partial charge in [-0.15, -0.1) is 10.2 Å². The lowest BCUT2D eigenvalue weighted by atomic mass is 10.2. The van der Waals surface area contributed by atoms with E-state index in [9.17, 15) is 4.79 Å². The molecule has 0 aliphatic heterocycles. The Morgan fingerprint density at radius 3 is 2.59 bits per heavy atom. The summed E-state index contributed by atoms with van der Waals surface area (Å²) in [6.45, 7) is 1.30. The van der Waals surface area contributed by atoms with E-state index >= 15 is 0 Å². The van der Waals surface area contributed by atoms with Gasteiger partial charge in [0.25, 0.3) is 0 Å². The molecule has 0 aliphatic rings. The number of amides is 1. The first-order valence-corrected chi connectivity index (χ1v) is 12.0. The molecule has 2 aromatic carbocycles. The molecule has 164 valence electrons. The fourth-order valence-electron chi connectivity index (χ4n) is 3.06. The third-order valence-corrected chi connectivity index (χ3v) is 6.76. The number of rotatable bonds is 10. The Bertz CT molecular complexity index is 1130. The van der Waals surface area contributed by atoms with E-state index in [0.717, 1.165) is 33.7 Å². The molecule has 7 nitrogen and oxygen atoms in total. The average molecular weight is 465 g/mol. The van der Waals surface area contributed by atoms with E-state index in [1.807, 2.05) is 59.4 Å². The number of hydrogen-bond acceptors (Lipinski definition) is 7. The van der Waals surface area contributed by atoms with Crippen LogP contribution in [-0.4, -0.2) is 50.1 Å². The Morgan fingerprint density at radius 1 is 1.06 bits per heavy atom. The summed E-state index contributed by atoms with van der Waals surface area (Å²) >= 11 is 2.89. The first-order chi connectivity index (χ1) is 15.7. The van der Waals surface area contributed by atoms with Gasteiger partial charge in [-0.3, -0.25) is 4.79 Å². The van der Waals surface area contributed by atoms with E-state index in [1.165, 1.54) is 28.7 Å². The van der Waals surface area contributed by atoms with Crippen LogP contribution in [0.2, 0.25) is 0 Å². The summed E-state index contributed by atoms with van der Waals surface area (Å²) in [6, 6.07) is 20.2. The van der Waals surface area contributed by atoms with Gasteiger partial charge in [0, 0.05) is 31.9 Å². The van der Waals surface area contributed by atoms with E-state index < -0.39 is 0 Å². The molecule has 9 heteroatoms. The molecule has 1 amide bonds. The lowest BCUT2D eigenvalue weighted by Crippen LogP contribution is -2.27. The number of aromatic nitrogens is 4. The van der Waals surface area contributed by atoms with E-state index in [2.05, 4.69) is 32.7 Å². The second-order valence-corrected chi connectivity index (χ2v) is 9.40. The summed E-state index contributed by atoms with van der Waals surface area (Å²) in [5.41, 5.74) is 3.25. The molecule has 2 aromatic heterocycles. The normalized spacial score (nSPS) is 10.8. The summed E-state index contributed by atoms with van der Waals surface area (Å²) < 4.78 is 2.60. The van der Waals surface area contributed by atoms with Crippen LogP contribution in [0.15, 0.2) is 77.4 Å². The standard InChI is InChI=1S/C23H24N6OS2/c1-28(15-19-14-25-29(16-19)20-10-6-3-7-11-20)21(30)17-31-23-27-26-22(32-23)24-13-12-18-8-4-2-5-9-18/h2-11,14,16H,12-13,15,17H2,1H3,(H,24,26). The van der Waals surface area contributed by atoms with Gasteiger partial charge in [0.2, 0.25) is 11.0 Å². The third-order valence-electron chi connectivity index (χ3n) is 4.76. The predicted octanol–water partition coefficient (Wildman–Crippen LogP) is 4.13. The zero-order valence-electron chi connectivity index (χ0n) is 17.7. The lowest BCUT2D eigenvalue weighted by Gasteiger charge is -2.15. The summed E-state index contributed by atoms with van der Waals surface area (Å²) in [6.07, 6.45) is 4.67. The quantitative estimate of drug-likeness (QED) is 0.356. The zero-order valence-corrected chi connectivity index (χ0v) is 19.4. The Balaban J connectivity index is 1.21. The highest BCUT2D eigenvalue weighted by molar-refractivity contribution is 8.01. The van der Waals surface area contributed by atoms with Gasteiger partial charge in [0.15, 0.2) is 4.34 Å². The van der Waals surface area contributed by atoms with Crippen molar-refractivity contribution in [2.24, 2.45) is 0 Å². The van der Waals surface area contributed by atoms with Gasteiger partial charge in [0.05, 0.1) is 17.6 Å². The first-order valence-electron chi connectivity index (χ1n) is 10.2. The van der Waals surface area contributed by atoms with Crippen LogP contribution in [0.1, 0.15) is 11.1 Å². The molecule has 2 heterocycles. The van der Waals surface area contributed by atoms with Crippen LogP contribution in [0.25, 0.3) is 5.69 Å². The van der Waals surface area contributed by atoms with Gasteiger partial charge in [-0.1, -0.05) is 71.6 Å². The number of nitrogens with one attached hydrogen (secondary N) is 1. The van der Waals surface area contributed by atoms with E-state index in [0.29, 0.717) is 12.3 Å². The van der Waals surface area contributed by atoms with E-state index in [-0.39, 0.29) is 5.91 Å². The SMILES string of the molecule is CN(Cc1cnn(-c2ccccc2)c1)C(=O)CSc1nnc(NCCc2ccccc2)s1. The van der Waals surface area contributed by atoms with Crippen LogP contribution >= 0.6 is 23.1 Å². The number of para-hydroxylation sites is 1. The molecule has 0 atom stereocenters. The largest absolute Gasteiger partial charge is 0.360 e. The summed E-state index contributed by atoms with van der Waals surface area (Å²) in [4.78, 5) is 14.3. The molecule has 0 aliphatic carbocycles. The van der Waals surface area contributed by atoms with Crippen molar-refractivity contribution >= 4 is 34.1 Å². The summed E-state index contributed by atoms with van der Waals surface area (Å²) in [5.74, 6) is 0.360. The summed E-state index contributed by atoms with van der Waals surface area (Å²) in [5, 5.41) is 16.8. The van der Waals surface area contributed by atoms with Gasteiger partial charge in [-0.2, -0.15) is 5.10 Å². The number of thioether (sulfide) groups is 1. The number of anilines is 1. The number of carbonyl (C=O) groups excluding carboxylic acids is 1. The molecule has 32 heavy (non-hydrogen) atoms. The van der Waals surface area contributed by atoms with Crippen molar-refractivity contribution in [3.63, 3.8) is 0 Å². The molecule has 0 fully saturated rings. The Labute approximate surface area is 195 Å². The first kappa shape index (κ1) is 22.0. The van der Waals surface area contributed by atoms with Gasteiger partial charge in [-0.05, 0) is 24.1 Å². The maximum Gasteiger partial charge on any atom is 0.233 e. The maximum absolute atomic E-state index is 12.6. The third kappa shape index (κ3) is 6.18. The second-order valence-electron chi connectivity index (χ2n) is 7.20. The van der Waals surface area contributed by atoms with Crippen molar-refractivity contribution in [1.82, 2.24) is 24.9 Å². The molecular formula is C23H24N6OS2. The Hall–Kier alpha value is -3.17. The highest BCUT2D eigenvalue weighted by Gasteiger charge is 2.13. The molecule has 0 bridgehead atoms. The number of benzene rings is 2. The number of carbonyl (C=O) groups is 1. The van der Waals surface area contributed by atoms with Crippen LogP contribution in [-0.2, 0) is 17.8 Å². The van der Waals surface area contributed by atoms with Crippen LogP contribution < -0.4 is 5.32 Å². The number of hydrogen-bond donors (Lipinski definition) is 1. The van der Waals surface area contributed by atoms with Gasteiger partial charge < -0.3 is 10.2 Å². The van der Waals surface area contributed by atoms with Crippen molar-refractivity contribution in [2.75, 3.05) is 24.7 Å². The van der Waals surface area contributed by atoms with Crippen molar-refractivity contribution in [3.05, 3.63) is 84.2 Å². The monoisotopic (exact) mass is 464 g/mol. The van der Waals surface area contributed by atoms with E-state index in [1.54, 1.807) is 18.1 Å². The molecule has 4 aromatic rings. The second kappa shape index (κ2) is 10.9. The smallest absolute Gasteiger partial charge is 0.233 e. The molecule has 0 unspecified atom stereocenters. The average Bonchev–Trinajstić information content (AvgIpc) is 3.48. The van der Waals surface area contributed by atoms with Gasteiger partial charge >= 0.3 is 0 Å². The Morgan fingerprint density at radius 2 is 1.81 bits per heavy atom. The fraction of sp³-hybridized carbons (Fsp3) is 0.217. The van der Waals surface area contributed by atoms with Crippen molar-refractivity contribution < 1.29 is 4.79 Å². The van der Waals surface area contributed by atoms with Crippen LogP contribution in [0.4, 0.5) is 5.13 Å². The molecule has 1 N–H and O–H groups in total. The van der Waals surface area contributed by atoms with Gasteiger partial charge in [0.1, 0.15) is 0 Å². The van der Waals surface area contributed by atoms with Crippen molar-refractivity contribution in [1.29, 1.82) is 0 Å². The number of nitrogens with zero attached hydrogens (tertiary/aromatic N) is 5. The predicted molar refractivity (Wildman–Crippen MR) is 129 cm³/mol. The molecule has 4 rings (SSSR count). The summed E-state index contributed by atoms with van der Waals surface area (Å²) in [7, 11) is 1.80. The minimum Gasteiger partial charge on any atom is -0.360 e. The molecule has 0 saturated carbocycles. The maximum atomic E-state index is 12.6. The lowest BCUT2D eigenvalue weighted by molar-refractivity contribution is -0.127. The molecule has 0 spiro atoms. The highest BCUT2D eigenvalue weighted by atomic mass is 32.2. The Kier molecular flexibility index (Phi) is 7.52. The molecular weight excluding hydrogens is 440 g/mol. The topological polar surface area (TPSA) is 75.9 Å². The minimum absolute atomic E-state index is 0.0382. The van der Waals surface area contributed by atoms with Crippen molar-refractivity contribution in [3.8, 4) is 5.69 Å².